The molecule has 3 heteroatoms. The van der Waals surface area contributed by atoms with Crippen LogP contribution in [0.4, 0.5) is 0 Å². The van der Waals surface area contributed by atoms with Crippen LogP contribution in [0.15, 0.2) is 0 Å². The predicted octanol–water partition coefficient (Wildman–Crippen LogP) is 2.05. The van der Waals surface area contributed by atoms with E-state index in [1.807, 2.05) is 0 Å². The Balaban J connectivity index is 1.41. The van der Waals surface area contributed by atoms with Crippen LogP contribution in [-0.4, -0.2) is 24.4 Å². The summed E-state index contributed by atoms with van der Waals surface area (Å²) >= 11 is 0. The van der Waals surface area contributed by atoms with Crippen LogP contribution in [0.5, 0.6) is 0 Å². The lowest BCUT2D eigenvalue weighted by molar-refractivity contribution is -0.386. The lowest BCUT2D eigenvalue weighted by Gasteiger charge is -2.38. The van der Waals surface area contributed by atoms with Gasteiger partial charge < -0.3 is 4.74 Å². The standard InChI is InChI=1S/C12H18O3/c1-3-7(4-1)9-11-12(13-11)10(15-14-9)8-5-2-6-8/h7-12H,1-6H2/t9-,10+,11-,12+. The smallest absolute Gasteiger partial charge is 0.124 e. The van der Waals surface area contributed by atoms with E-state index in [9.17, 15) is 0 Å². The number of fused-ring (bicyclic) bond motifs is 1. The zero-order valence-electron chi connectivity index (χ0n) is 8.93. The average Bonchev–Trinajstić information content (AvgIpc) is 2.81. The van der Waals surface area contributed by atoms with E-state index in [2.05, 4.69) is 0 Å². The van der Waals surface area contributed by atoms with E-state index in [1.165, 1.54) is 38.5 Å². The Bertz CT molecular complexity index is 234. The summed E-state index contributed by atoms with van der Waals surface area (Å²) in [5.41, 5.74) is 0. The maximum absolute atomic E-state index is 5.77. The van der Waals surface area contributed by atoms with Crippen molar-refractivity contribution in [3.63, 3.8) is 0 Å². The normalized spacial score (nSPS) is 50.4. The van der Waals surface area contributed by atoms with Crippen LogP contribution in [0.25, 0.3) is 0 Å². The van der Waals surface area contributed by atoms with E-state index in [1.54, 1.807) is 0 Å². The SMILES string of the molecule is C1CC([C@H]2OO[C@@H](C3CCC3)[C@@H]3O[C@@H]32)C1. The molecule has 3 nitrogen and oxygen atoms in total. The summed E-state index contributed by atoms with van der Waals surface area (Å²) in [5, 5.41) is 0. The highest BCUT2D eigenvalue weighted by molar-refractivity contribution is 5.04. The fourth-order valence-corrected chi connectivity index (χ4v) is 3.13. The fraction of sp³-hybridized carbons (Fsp3) is 1.00. The topological polar surface area (TPSA) is 31.0 Å². The van der Waals surface area contributed by atoms with Gasteiger partial charge in [-0.15, -0.1) is 0 Å². The third kappa shape index (κ3) is 1.30. The van der Waals surface area contributed by atoms with Crippen LogP contribution in [0.3, 0.4) is 0 Å². The van der Waals surface area contributed by atoms with Crippen LogP contribution in [0, 0.1) is 11.8 Å². The molecule has 0 radical (unpaired) electrons. The van der Waals surface area contributed by atoms with Crippen LogP contribution in [-0.2, 0) is 14.5 Å². The molecule has 0 bridgehead atoms. The van der Waals surface area contributed by atoms with Gasteiger partial charge in [0, 0.05) is 0 Å². The highest BCUT2D eigenvalue weighted by atomic mass is 17.2. The molecule has 2 heterocycles. The summed E-state index contributed by atoms with van der Waals surface area (Å²) in [5.74, 6) is 1.42. The zero-order chi connectivity index (χ0) is 9.83. The van der Waals surface area contributed by atoms with E-state index < -0.39 is 0 Å². The molecule has 4 atom stereocenters. The van der Waals surface area contributed by atoms with Crippen molar-refractivity contribution in [1.82, 2.24) is 0 Å². The third-order valence-electron chi connectivity index (χ3n) is 4.72. The summed E-state index contributed by atoms with van der Waals surface area (Å²) < 4.78 is 5.77. The molecule has 4 fully saturated rings. The van der Waals surface area contributed by atoms with E-state index >= 15 is 0 Å². The maximum atomic E-state index is 5.77. The van der Waals surface area contributed by atoms with Crippen LogP contribution >= 0.6 is 0 Å². The molecule has 0 aromatic carbocycles. The second kappa shape index (κ2) is 3.19. The number of hydrogen-bond donors (Lipinski definition) is 0. The van der Waals surface area contributed by atoms with Crippen molar-refractivity contribution in [2.45, 2.75) is 62.9 Å². The second-order valence-corrected chi connectivity index (χ2v) is 5.57. The van der Waals surface area contributed by atoms with Crippen LogP contribution in [0.1, 0.15) is 38.5 Å². The number of hydrogen-bond acceptors (Lipinski definition) is 3. The van der Waals surface area contributed by atoms with Crippen molar-refractivity contribution in [1.29, 1.82) is 0 Å². The van der Waals surface area contributed by atoms with Gasteiger partial charge in [-0.3, -0.25) is 0 Å². The second-order valence-electron chi connectivity index (χ2n) is 5.57. The lowest BCUT2D eigenvalue weighted by atomic mass is 9.76. The molecule has 0 spiro atoms. The first-order valence-electron chi connectivity index (χ1n) is 6.41. The van der Waals surface area contributed by atoms with Gasteiger partial charge in [-0.05, 0) is 37.5 Å². The quantitative estimate of drug-likeness (QED) is 0.516. The van der Waals surface area contributed by atoms with Crippen molar-refractivity contribution in [2.24, 2.45) is 11.8 Å². The molecule has 15 heavy (non-hydrogen) atoms. The van der Waals surface area contributed by atoms with E-state index in [4.69, 9.17) is 14.5 Å². The maximum Gasteiger partial charge on any atom is 0.124 e. The Kier molecular flexibility index (Phi) is 1.91. The van der Waals surface area contributed by atoms with Crippen molar-refractivity contribution in [3.8, 4) is 0 Å². The van der Waals surface area contributed by atoms with E-state index in [0.717, 1.165) is 0 Å². The first-order chi connectivity index (χ1) is 7.43. The van der Waals surface area contributed by atoms with Gasteiger partial charge in [0.15, 0.2) is 0 Å². The number of ether oxygens (including phenoxy) is 1. The average molecular weight is 210 g/mol. The van der Waals surface area contributed by atoms with Gasteiger partial charge in [0.1, 0.15) is 24.4 Å². The Hall–Kier alpha value is -0.120. The predicted molar refractivity (Wildman–Crippen MR) is 53.1 cm³/mol. The monoisotopic (exact) mass is 210 g/mol. The van der Waals surface area contributed by atoms with Gasteiger partial charge in [0.05, 0.1) is 0 Å². The summed E-state index contributed by atoms with van der Waals surface area (Å²) in [4.78, 5) is 11.2. The molecule has 2 saturated carbocycles. The Morgan fingerprint density at radius 3 is 1.40 bits per heavy atom. The summed E-state index contributed by atoms with van der Waals surface area (Å²) in [7, 11) is 0. The van der Waals surface area contributed by atoms with Crippen LogP contribution in [0.2, 0.25) is 0 Å². The Morgan fingerprint density at radius 1 is 0.600 bits per heavy atom. The minimum Gasteiger partial charge on any atom is -0.364 e. The largest absolute Gasteiger partial charge is 0.364 e. The van der Waals surface area contributed by atoms with Gasteiger partial charge >= 0.3 is 0 Å². The Morgan fingerprint density at radius 2 is 1.07 bits per heavy atom. The fourth-order valence-electron chi connectivity index (χ4n) is 3.13. The highest BCUT2D eigenvalue weighted by Gasteiger charge is 2.60. The molecule has 2 aliphatic heterocycles. The van der Waals surface area contributed by atoms with Crippen molar-refractivity contribution in [2.75, 3.05) is 0 Å². The molecular formula is C12H18O3. The van der Waals surface area contributed by atoms with Gasteiger partial charge in [-0.2, -0.15) is 0 Å². The molecular weight excluding hydrogens is 192 g/mol. The minimum absolute atomic E-state index is 0.250. The summed E-state index contributed by atoms with van der Waals surface area (Å²) in [6, 6.07) is 0. The molecule has 0 N–H and O–H groups in total. The first-order valence-corrected chi connectivity index (χ1v) is 6.41. The molecule has 2 saturated heterocycles. The van der Waals surface area contributed by atoms with Gasteiger partial charge in [-0.25, -0.2) is 9.78 Å². The van der Waals surface area contributed by atoms with E-state index in [0.29, 0.717) is 24.0 Å². The molecule has 4 aliphatic rings. The molecule has 4 rings (SSSR count). The van der Waals surface area contributed by atoms with Crippen molar-refractivity contribution in [3.05, 3.63) is 0 Å². The minimum atomic E-state index is 0.250. The van der Waals surface area contributed by atoms with Crippen molar-refractivity contribution >= 4 is 0 Å². The molecule has 0 amide bonds. The zero-order valence-corrected chi connectivity index (χ0v) is 8.93. The number of rotatable bonds is 2. The van der Waals surface area contributed by atoms with Gasteiger partial charge in [0.25, 0.3) is 0 Å². The van der Waals surface area contributed by atoms with E-state index in [-0.39, 0.29) is 12.2 Å². The van der Waals surface area contributed by atoms with Gasteiger partial charge in [-0.1, -0.05) is 12.8 Å². The number of epoxide rings is 1. The molecule has 0 aromatic heterocycles. The lowest BCUT2D eigenvalue weighted by Crippen LogP contribution is -2.46. The van der Waals surface area contributed by atoms with Crippen molar-refractivity contribution < 1.29 is 14.5 Å². The molecule has 0 unspecified atom stereocenters. The first kappa shape index (κ1) is 8.97. The van der Waals surface area contributed by atoms with Crippen LogP contribution < -0.4 is 0 Å². The van der Waals surface area contributed by atoms with Gasteiger partial charge in [0.2, 0.25) is 0 Å². The summed E-state index contributed by atoms with van der Waals surface area (Å²) in [6.45, 7) is 0. The summed E-state index contributed by atoms with van der Waals surface area (Å²) in [6.07, 6.45) is 9.15. The molecule has 84 valence electrons. The molecule has 0 aromatic rings. The molecule has 2 aliphatic carbocycles. The third-order valence-corrected chi connectivity index (χ3v) is 4.72. The Labute approximate surface area is 90.0 Å². The highest BCUT2D eigenvalue weighted by Crippen LogP contribution is 2.48.